The zero-order chi connectivity index (χ0) is 8.97. The standard InChI is InChI=1S/C10H15NO.ClH/c1-8-3-5-10(6-4-8)12-9(2)7-11;/h3-6,9H,7,11H2,1-2H3;1H. The van der Waals surface area contributed by atoms with Crippen LogP contribution in [0.2, 0.25) is 0 Å². The highest BCUT2D eigenvalue weighted by atomic mass is 35.5. The lowest BCUT2D eigenvalue weighted by Crippen LogP contribution is -2.22. The molecule has 0 spiro atoms. The maximum absolute atomic E-state index is 5.49. The first-order valence-electron chi connectivity index (χ1n) is 4.16. The number of ether oxygens (including phenoxy) is 1. The van der Waals surface area contributed by atoms with E-state index in [0.717, 1.165) is 5.75 Å². The molecule has 0 saturated carbocycles. The molecule has 0 aliphatic rings. The summed E-state index contributed by atoms with van der Waals surface area (Å²) in [5.74, 6) is 0.888. The minimum absolute atomic E-state index is 0. The van der Waals surface area contributed by atoms with Gasteiger partial charge in [-0.15, -0.1) is 12.4 Å². The third-order valence-corrected chi connectivity index (χ3v) is 1.69. The molecule has 3 heteroatoms. The Balaban J connectivity index is 0.00000144. The van der Waals surface area contributed by atoms with Crippen molar-refractivity contribution < 1.29 is 4.74 Å². The summed E-state index contributed by atoms with van der Waals surface area (Å²) in [6.07, 6.45) is 0.0905. The number of hydrogen-bond donors (Lipinski definition) is 1. The van der Waals surface area contributed by atoms with Gasteiger partial charge in [0.2, 0.25) is 0 Å². The fourth-order valence-electron chi connectivity index (χ4n) is 0.897. The summed E-state index contributed by atoms with van der Waals surface area (Å²) >= 11 is 0. The summed E-state index contributed by atoms with van der Waals surface area (Å²) in [6.45, 7) is 4.56. The first-order valence-corrected chi connectivity index (χ1v) is 4.16. The monoisotopic (exact) mass is 201 g/mol. The van der Waals surface area contributed by atoms with E-state index in [-0.39, 0.29) is 18.5 Å². The highest BCUT2D eigenvalue weighted by Gasteiger charge is 1.99. The molecule has 1 rings (SSSR count). The van der Waals surface area contributed by atoms with Crippen LogP contribution in [0.3, 0.4) is 0 Å². The summed E-state index contributed by atoms with van der Waals surface area (Å²) in [5, 5.41) is 0. The van der Waals surface area contributed by atoms with Crippen molar-refractivity contribution in [3.63, 3.8) is 0 Å². The van der Waals surface area contributed by atoms with Crippen LogP contribution in [0.4, 0.5) is 0 Å². The molecule has 0 amide bonds. The lowest BCUT2D eigenvalue weighted by atomic mass is 10.2. The topological polar surface area (TPSA) is 35.2 Å². The van der Waals surface area contributed by atoms with Crippen LogP contribution in [0.5, 0.6) is 5.75 Å². The van der Waals surface area contributed by atoms with Crippen LogP contribution >= 0.6 is 12.4 Å². The molecule has 0 aromatic heterocycles. The molecule has 2 nitrogen and oxygen atoms in total. The van der Waals surface area contributed by atoms with Crippen molar-refractivity contribution in [1.82, 2.24) is 0 Å². The lowest BCUT2D eigenvalue weighted by molar-refractivity contribution is 0.230. The van der Waals surface area contributed by atoms with Gasteiger partial charge in [-0.2, -0.15) is 0 Å². The Morgan fingerprint density at radius 3 is 2.31 bits per heavy atom. The number of nitrogens with two attached hydrogens (primary N) is 1. The molecule has 0 saturated heterocycles. The molecule has 0 bridgehead atoms. The number of rotatable bonds is 3. The minimum Gasteiger partial charge on any atom is -0.489 e. The Hall–Kier alpha value is -0.730. The molecule has 1 aromatic rings. The van der Waals surface area contributed by atoms with E-state index in [1.165, 1.54) is 5.56 Å². The quantitative estimate of drug-likeness (QED) is 0.814. The Morgan fingerprint density at radius 2 is 1.85 bits per heavy atom. The zero-order valence-electron chi connectivity index (χ0n) is 7.99. The molecule has 0 radical (unpaired) electrons. The van der Waals surface area contributed by atoms with Gasteiger partial charge in [0.15, 0.2) is 0 Å². The van der Waals surface area contributed by atoms with Crippen molar-refractivity contribution in [2.24, 2.45) is 5.73 Å². The van der Waals surface area contributed by atoms with Crippen LogP contribution in [0, 0.1) is 6.92 Å². The maximum Gasteiger partial charge on any atom is 0.119 e. The summed E-state index contributed by atoms with van der Waals surface area (Å²) in [7, 11) is 0. The van der Waals surface area contributed by atoms with Gasteiger partial charge < -0.3 is 10.5 Å². The Kier molecular flexibility index (Phi) is 5.51. The molecule has 13 heavy (non-hydrogen) atoms. The Morgan fingerprint density at radius 1 is 1.31 bits per heavy atom. The smallest absolute Gasteiger partial charge is 0.119 e. The Bertz CT molecular complexity index is 235. The highest BCUT2D eigenvalue weighted by Crippen LogP contribution is 2.12. The first-order chi connectivity index (χ1) is 5.72. The van der Waals surface area contributed by atoms with Crippen molar-refractivity contribution in [2.75, 3.05) is 6.54 Å². The SMILES string of the molecule is Cc1ccc(OC(C)CN)cc1.Cl. The van der Waals surface area contributed by atoms with Crippen molar-refractivity contribution in [1.29, 1.82) is 0 Å². The second kappa shape index (κ2) is 5.84. The van der Waals surface area contributed by atoms with Crippen LogP contribution < -0.4 is 10.5 Å². The predicted molar refractivity (Wildman–Crippen MR) is 57.6 cm³/mol. The number of hydrogen-bond acceptors (Lipinski definition) is 2. The molecule has 0 fully saturated rings. The van der Waals surface area contributed by atoms with Gasteiger partial charge >= 0.3 is 0 Å². The maximum atomic E-state index is 5.49. The molecular formula is C10H16ClNO. The molecule has 74 valence electrons. The van der Waals surface area contributed by atoms with Gasteiger partial charge in [0, 0.05) is 6.54 Å². The van der Waals surface area contributed by atoms with E-state index in [9.17, 15) is 0 Å². The largest absolute Gasteiger partial charge is 0.489 e. The van der Waals surface area contributed by atoms with E-state index in [0.29, 0.717) is 6.54 Å². The molecule has 0 aliphatic heterocycles. The van der Waals surface area contributed by atoms with Gasteiger partial charge in [0.1, 0.15) is 11.9 Å². The number of aryl methyl sites for hydroxylation is 1. The summed E-state index contributed by atoms with van der Waals surface area (Å²) in [4.78, 5) is 0. The van der Waals surface area contributed by atoms with Crippen LogP contribution in [-0.4, -0.2) is 12.6 Å². The fraction of sp³-hybridized carbons (Fsp3) is 0.400. The van der Waals surface area contributed by atoms with Gasteiger partial charge in [-0.1, -0.05) is 17.7 Å². The van der Waals surface area contributed by atoms with Gasteiger partial charge in [0.05, 0.1) is 0 Å². The van der Waals surface area contributed by atoms with Crippen LogP contribution in [-0.2, 0) is 0 Å². The van der Waals surface area contributed by atoms with Crippen molar-refractivity contribution in [3.05, 3.63) is 29.8 Å². The highest BCUT2D eigenvalue weighted by molar-refractivity contribution is 5.85. The predicted octanol–water partition coefficient (Wildman–Crippen LogP) is 2.14. The van der Waals surface area contributed by atoms with E-state index in [1.807, 2.05) is 31.2 Å². The van der Waals surface area contributed by atoms with E-state index in [2.05, 4.69) is 6.92 Å². The second-order valence-corrected chi connectivity index (χ2v) is 2.98. The van der Waals surface area contributed by atoms with Crippen molar-refractivity contribution in [3.8, 4) is 5.75 Å². The molecule has 1 aromatic carbocycles. The number of halogens is 1. The molecule has 0 heterocycles. The van der Waals surface area contributed by atoms with Gasteiger partial charge in [-0.25, -0.2) is 0 Å². The van der Waals surface area contributed by atoms with Crippen LogP contribution in [0.15, 0.2) is 24.3 Å². The van der Waals surface area contributed by atoms with Gasteiger partial charge in [0.25, 0.3) is 0 Å². The minimum atomic E-state index is 0. The zero-order valence-corrected chi connectivity index (χ0v) is 8.80. The average molecular weight is 202 g/mol. The second-order valence-electron chi connectivity index (χ2n) is 2.98. The lowest BCUT2D eigenvalue weighted by Gasteiger charge is -2.11. The van der Waals surface area contributed by atoms with E-state index >= 15 is 0 Å². The molecular weight excluding hydrogens is 186 g/mol. The first kappa shape index (κ1) is 12.3. The van der Waals surface area contributed by atoms with Gasteiger partial charge in [-0.05, 0) is 26.0 Å². The van der Waals surface area contributed by atoms with Crippen LogP contribution in [0.1, 0.15) is 12.5 Å². The summed E-state index contributed by atoms with van der Waals surface area (Å²) in [6, 6.07) is 7.97. The van der Waals surface area contributed by atoms with Gasteiger partial charge in [-0.3, -0.25) is 0 Å². The molecule has 2 N–H and O–H groups in total. The third-order valence-electron chi connectivity index (χ3n) is 1.69. The summed E-state index contributed by atoms with van der Waals surface area (Å²) in [5.41, 5.74) is 6.66. The van der Waals surface area contributed by atoms with E-state index < -0.39 is 0 Å². The normalized spacial score (nSPS) is 11.6. The fourth-order valence-corrected chi connectivity index (χ4v) is 0.897. The number of benzene rings is 1. The van der Waals surface area contributed by atoms with Crippen molar-refractivity contribution >= 4 is 12.4 Å². The third kappa shape index (κ3) is 4.15. The van der Waals surface area contributed by atoms with E-state index in [4.69, 9.17) is 10.5 Å². The van der Waals surface area contributed by atoms with E-state index in [1.54, 1.807) is 0 Å². The summed E-state index contributed by atoms with van der Waals surface area (Å²) < 4.78 is 5.49. The molecule has 1 atom stereocenters. The Labute approximate surface area is 85.5 Å². The molecule has 1 unspecified atom stereocenters. The van der Waals surface area contributed by atoms with Crippen molar-refractivity contribution in [2.45, 2.75) is 20.0 Å². The molecule has 0 aliphatic carbocycles. The average Bonchev–Trinajstić information content (AvgIpc) is 2.09. The van der Waals surface area contributed by atoms with Crippen LogP contribution in [0.25, 0.3) is 0 Å².